The molecular formula is C16H19BrIN3O3S. The van der Waals surface area contributed by atoms with Crippen molar-refractivity contribution in [2.75, 3.05) is 24.7 Å². The number of benzene rings is 2. The molecule has 136 valence electrons. The average molecular weight is 540 g/mol. The minimum atomic E-state index is -3.39. The van der Waals surface area contributed by atoms with Gasteiger partial charge in [0, 0.05) is 16.2 Å². The van der Waals surface area contributed by atoms with Crippen molar-refractivity contribution >= 4 is 61.4 Å². The van der Waals surface area contributed by atoms with E-state index in [9.17, 15) is 8.42 Å². The Balaban J connectivity index is 0.00000312. The zero-order valence-electron chi connectivity index (χ0n) is 13.5. The van der Waals surface area contributed by atoms with Crippen LogP contribution in [0.3, 0.4) is 0 Å². The van der Waals surface area contributed by atoms with Gasteiger partial charge in [0.05, 0.1) is 24.3 Å². The van der Waals surface area contributed by atoms with Gasteiger partial charge in [0.2, 0.25) is 0 Å². The van der Waals surface area contributed by atoms with Gasteiger partial charge in [-0.05, 0) is 36.4 Å². The standard InChI is InChI=1S/C16H18BrN3O3S.HI/c1-23-14-4-2-3-13(11-14)20-16(18)19-9-10-24(21,22)15-7-5-12(17)6-8-15;/h2-8,11H,9-10H2,1H3,(H3,18,19,20);1H. The number of nitrogens with two attached hydrogens (primary N) is 1. The van der Waals surface area contributed by atoms with Crippen LogP contribution in [0.1, 0.15) is 0 Å². The van der Waals surface area contributed by atoms with Gasteiger partial charge in [-0.1, -0.05) is 22.0 Å². The Hall–Kier alpha value is -1.33. The molecule has 0 spiro atoms. The zero-order valence-corrected chi connectivity index (χ0v) is 18.2. The van der Waals surface area contributed by atoms with E-state index in [0.717, 1.165) is 4.47 Å². The Bertz CT molecular complexity index is 827. The van der Waals surface area contributed by atoms with Crippen LogP contribution in [-0.4, -0.2) is 33.8 Å². The summed E-state index contributed by atoms with van der Waals surface area (Å²) in [4.78, 5) is 4.32. The fourth-order valence-corrected chi connectivity index (χ4v) is 3.32. The molecule has 25 heavy (non-hydrogen) atoms. The van der Waals surface area contributed by atoms with Gasteiger partial charge in [-0.2, -0.15) is 0 Å². The van der Waals surface area contributed by atoms with Crippen LogP contribution in [0.25, 0.3) is 0 Å². The number of methoxy groups -OCH3 is 1. The molecule has 0 saturated carbocycles. The van der Waals surface area contributed by atoms with Crippen LogP contribution in [0.2, 0.25) is 0 Å². The summed E-state index contributed by atoms with van der Waals surface area (Å²) in [5.41, 5.74) is 6.50. The van der Waals surface area contributed by atoms with Gasteiger partial charge < -0.3 is 15.8 Å². The van der Waals surface area contributed by atoms with E-state index < -0.39 is 9.84 Å². The molecule has 0 aliphatic carbocycles. The molecule has 6 nitrogen and oxygen atoms in total. The maximum absolute atomic E-state index is 12.2. The summed E-state index contributed by atoms with van der Waals surface area (Å²) in [6, 6.07) is 13.7. The molecule has 0 amide bonds. The van der Waals surface area contributed by atoms with Crippen LogP contribution in [0.15, 0.2) is 62.9 Å². The molecule has 0 heterocycles. The van der Waals surface area contributed by atoms with Crippen LogP contribution < -0.4 is 15.8 Å². The summed E-state index contributed by atoms with van der Waals surface area (Å²) in [6.07, 6.45) is 0. The highest BCUT2D eigenvalue weighted by atomic mass is 127. The molecule has 0 aliphatic heterocycles. The molecule has 0 bridgehead atoms. The van der Waals surface area contributed by atoms with E-state index in [1.54, 1.807) is 37.4 Å². The largest absolute Gasteiger partial charge is 0.497 e. The molecule has 0 radical (unpaired) electrons. The van der Waals surface area contributed by atoms with E-state index in [0.29, 0.717) is 11.4 Å². The topological polar surface area (TPSA) is 93.8 Å². The van der Waals surface area contributed by atoms with Gasteiger partial charge in [-0.3, -0.25) is 4.99 Å². The van der Waals surface area contributed by atoms with Crippen molar-refractivity contribution in [2.24, 2.45) is 10.7 Å². The maximum Gasteiger partial charge on any atom is 0.193 e. The van der Waals surface area contributed by atoms with Gasteiger partial charge in [0.25, 0.3) is 0 Å². The summed E-state index contributed by atoms with van der Waals surface area (Å²) in [6.45, 7) is 0.0706. The van der Waals surface area contributed by atoms with E-state index in [4.69, 9.17) is 10.5 Å². The molecule has 2 aromatic carbocycles. The third-order valence-electron chi connectivity index (χ3n) is 3.16. The molecule has 3 N–H and O–H groups in total. The molecule has 0 aliphatic rings. The SMILES string of the molecule is COc1cccc(NC(N)=NCCS(=O)(=O)c2ccc(Br)cc2)c1.I. The predicted molar refractivity (Wildman–Crippen MR) is 115 cm³/mol. The Morgan fingerprint density at radius 1 is 1.24 bits per heavy atom. The van der Waals surface area contributed by atoms with Crippen LogP contribution >= 0.6 is 39.9 Å². The Labute approximate surface area is 172 Å². The highest BCUT2D eigenvalue weighted by Gasteiger charge is 2.13. The molecule has 0 aromatic heterocycles. The van der Waals surface area contributed by atoms with Gasteiger partial charge in [0.15, 0.2) is 15.8 Å². The van der Waals surface area contributed by atoms with Crippen molar-refractivity contribution in [3.8, 4) is 5.75 Å². The molecule has 0 fully saturated rings. The fourth-order valence-electron chi connectivity index (χ4n) is 1.93. The number of sulfone groups is 1. The van der Waals surface area contributed by atoms with Gasteiger partial charge in [0.1, 0.15) is 5.75 Å². The smallest absolute Gasteiger partial charge is 0.193 e. The van der Waals surface area contributed by atoms with E-state index in [2.05, 4.69) is 26.2 Å². The van der Waals surface area contributed by atoms with Crippen LogP contribution in [0.5, 0.6) is 5.75 Å². The number of hydrogen-bond donors (Lipinski definition) is 2. The molecule has 0 saturated heterocycles. The van der Waals surface area contributed by atoms with Crippen molar-refractivity contribution in [1.29, 1.82) is 0 Å². The number of halogens is 2. The lowest BCUT2D eigenvalue weighted by molar-refractivity contribution is 0.415. The second kappa shape index (κ2) is 9.97. The number of ether oxygens (including phenoxy) is 1. The van der Waals surface area contributed by atoms with Crippen molar-refractivity contribution in [1.82, 2.24) is 0 Å². The molecule has 0 unspecified atom stereocenters. The van der Waals surface area contributed by atoms with E-state index in [1.165, 1.54) is 0 Å². The van der Waals surface area contributed by atoms with Gasteiger partial charge >= 0.3 is 0 Å². The number of nitrogens with one attached hydrogen (secondary N) is 1. The number of anilines is 1. The van der Waals surface area contributed by atoms with Crippen molar-refractivity contribution in [3.63, 3.8) is 0 Å². The van der Waals surface area contributed by atoms with Gasteiger partial charge in [-0.25, -0.2) is 8.42 Å². The van der Waals surface area contributed by atoms with Crippen molar-refractivity contribution in [3.05, 3.63) is 53.0 Å². The first kappa shape index (κ1) is 21.7. The molecule has 0 atom stereocenters. The first-order chi connectivity index (χ1) is 11.4. The molecule has 2 rings (SSSR count). The number of hydrogen-bond acceptors (Lipinski definition) is 4. The zero-order chi connectivity index (χ0) is 17.6. The van der Waals surface area contributed by atoms with Crippen LogP contribution in [0.4, 0.5) is 5.69 Å². The van der Waals surface area contributed by atoms with Gasteiger partial charge in [-0.15, -0.1) is 24.0 Å². The number of nitrogens with zero attached hydrogens (tertiary/aromatic N) is 1. The molecule has 2 aromatic rings. The lowest BCUT2D eigenvalue weighted by atomic mass is 10.3. The second-order valence-electron chi connectivity index (χ2n) is 4.90. The van der Waals surface area contributed by atoms with Crippen molar-refractivity contribution < 1.29 is 13.2 Å². The van der Waals surface area contributed by atoms with Crippen LogP contribution in [-0.2, 0) is 9.84 Å². The third-order valence-corrected chi connectivity index (χ3v) is 5.40. The minimum absolute atomic E-state index is 0. The molecular weight excluding hydrogens is 521 g/mol. The summed E-state index contributed by atoms with van der Waals surface area (Å²) >= 11 is 3.28. The Morgan fingerprint density at radius 3 is 2.56 bits per heavy atom. The quantitative estimate of drug-likeness (QED) is 0.334. The predicted octanol–water partition coefficient (Wildman–Crippen LogP) is 3.28. The minimum Gasteiger partial charge on any atom is -0.497 e. The normalized spacial score (nSPS) is 11.5. The number of rotatable bonds is 6. The Morgan fingerprint density at radius 2 is 1.92 bits per heavy atom. The highest BCUT2D eigenvalue weighted by Crippen LogP contribution is 2.17. The summed E-state index contributed by atoms with van der Waals surface area (Å²) < 4.78 is 30.4. The summed E-state index contributed by atoms with van der Waals surface area (Å²) in [5, 5.41) is 2.90. The van der Waals surface area contributed by atoms with E-state index in [-0.39, 0.29) is 47.1 Å². The number of aliphatic imine (C=N–C) groups is 1. The van der Waals surface area contributed by atoms with E-state index in [1.807, 2.05) is 18.2 Å². The lowest BCUT2D eigenvalue weighted by Gasteiger charge is -2.07. The average Bonchev–Trinajstić information content (AvgIpc) is 2.55. The number of guanidine groups is 1. The fraction of sp³-hybridized carbons (Fsp3) is 0.188. The Kier molecular flexibility index (Phi) is 8.66. The maximum atomic E-state index is 12.2. The second-order valence-corrected chi connectivity index (χ2v) is 7.92. The first-order valence-electron chi connectivity index (χ1n) is 7.10. The monoisotopic (exact) mass is 539 g/mol. The summed E-state index contributed by atoms with van der Waals surface area (Å²) in [7, 11) is -1.81. The van der Waals surface area contributed by atoms with E-state index >= 15 is 0 Å². The van der Waals surface area contributed by atoms with Crippen LogP contribution in [0, 0.1) is 0 Å². The summed E-state index contributed by atoms with van der Waals surface area (Å²) in [5.74, 6) is 0.717. The molecule has 9 heteroatoms. The third kappa shape index (κ3) is 6.83. The first-order valence-corrected chi connectivity index (χ1v) is 9.54. The van der Waals surface area contributed by atoms with Crippen molar-refractivity contribution in [2.45, 2.75) is 4.90 Å². The lowest BCUT2D eigenvalue weighted by Crippen LogP contribution is -2.24. The highest BCUT2D eigenvalue weighted by molar-refractivity contribution is 14.0.